The van der Waals surface area contributed by atoms with E-state index < -0.39 is 0 Å². The lowest BCUT2D eigenvalue weighted by molar-refractivity contribution is 0.0976. The zero-order chi connectivity index (χ0) is 16.5. The van der Waals surface area contributed by atoms with Crippen LogP contribution in [0.1, 0.15) is 21.5 Å². The Bertz CT molecular complexity index is 642. The molecule has 0 aromatic heterocycles. The third kappa shape index (κ3) is 6.42. The first kappa shape index (κ1) is 17.5. The maximum atomic E-state index is 12.0. The Morgan fingerprint density at radius 3 is 2.48 bits per heavy atom. The van der Waals surface area contributed by atoms with Crippen molar-refractivity contribution in [3.8, 4) is 0 Å². The molecule has 2 rings (SSSR count). The standard InChI is InChI=1S/C18H20N2OS2/c1-14-7-9-16(10-8-14)17(21)20-18(22)19-11-12-23-13-15-5-3-2-4-6-15/h2-10H,11-13H2,1H3,(H2,19,20,21,22). The van der Waals surface area contributed by atoms with Crippen molar-refractivity contribution in [2.24, 2.45) is 0 Å². The van der Waals surface area contributed by atoms with Crippen LogP contribution in [-0.4, -0.2) is 23.3 Å². The third-order valence-corrected chi connectivity index (χ3v) is 4.46. The average molecular weight is 345 g/mol. The summed E-state index contributed by atoms with van der Waals surface area (Å²) in [6.45, 7) is 2.71. The number of carbonyl (C=O) groups excluding carboxylic acids is 1. The summed E-state index contributed by atoms with van der Waals surface area (Å²) in [5.74, 6) is 1.72. The van der Waals surface area contributed by atoms with Gasteiger partial charge in [0.25, 0.3) is 5.91 Å². The number of benzene rings is 2. The van der Waals surface area contributed by atoms with Gasteiger partial charge in [-0.2, -0.15) is 11.8 Å². The Balaban J connectivity index is 1.63. The summed E-state index contributed by atoms with van der Waals surface area (Å²) in [4.78, 5) is 12.0. The predicted molar refractivity (Wildman–Crippen MR) is 102 cm³/mol. The number of thiocarbonyl (C=S) groups is 1. The van der Waals surface area contributed by atoms with Crippen molar-refractivity contribution in [2.45, 2.75) is 12.7 Å². The highest BCUT2D eigenvalue weighted by Gasteiger charge is 2.06. The molecule has 0 aliphatic rings. The van der Waals surface area contributed by atoms with Crippen LogP contribution < -0.4 is 10.6 Å². The van der Waals surface area contributed by atoms with Gasteiger partial charge in [0.15, 0.2) is 5.11 Å². The van der Waals surface area contributed by atoms with Crippen molar-refractivity contribution in [1.29, 1.82) is 0 Å². The van der Waals surface area contributed by atoms with Crippen molar-refractivity contribution in [1.82, 2.24) is 10.6 Å². The minimum absolute atomic E-state index is 0.181. The summed E-state index contributed by atoms with van der Waals surface area (Å²) in [6, 6.07) is 17.8. The van der Waals surface area contributed by atoms with Gasteiger partial charge in [0.1, 0.15) is 0 Å². The van der Waals surface area contributed by atoms with E-state index in [0.29, 0.717) is 10.7 Å². The molecular formula is C18H20N2OS2. The van der Waals surface area contributed by atoms with E-state index in [-0.39, 0.29) is 5.91 Å². The first-order valence-electron chi connectivity index (χ1n) is 7.42. The van der Waals surface area contributed by atoms with Gasteiger partial charge >= 0.3 is 0 Å². The second kappa shape index (κ2) is 9.33. The average Bonchev–Trinajstić information content (AvgIpc) is 2.56. The summed E-state index contributed by atoms with van der Waals surface area (Å²) in [5, 5.41) is 6.13. The maximum absolute atomic E-state index is 12.0. The van der Waals surface area contributed by atoms with Crippen LogP contribution in [0.25, 0.3) is 0 Å². The number of amides is 1. The smallest absolute Gasteiger partial charge is 0.257 e. The van der Waals surface area contributed by atoms with Crippen molar-refractivity contribution in [3.05, 3.63) is 71.3 Å². The molecule has 0 spiro atoms. The molecule has 0 fully saturated rings. The van der Waals surface area contributed by atoms with E-state index in [1.165, 1.54) is 5.56 Å². The van der Waals surface area contributed by atoms with Crippen LogP contribution in [-0.2, 0) is 5.75 Å². The molecule has 0 saturated carbocycles. The molecule has 0 saturated heterocycles. The molecule has 0 aliphatic carbocycles. The fourth-order valence-corrected chi connectivity index (χ4v) is 2.94. The minimum Gasteiger partial charge on any atom is -0.362 e. The molecule has 0 heterocycles. The topological polar surface area (TPSA) is 41.1 Å². The van der Waals surface area contributed by atoms with E-state index in [2.05, 4.69) is 22.8 Å². The van der Waals surface area contributed by atoms with Crippen LogP contribution in [0.3, 0.4) is 0 Å². The molecule has 120 valence electrons. The molecule has 5 heteroatoms. The van der Waals surface area contributed by atoms with Gasteiger partial charge in [-0.1, -0.05) is 48.0 Å². The first-order chi connectivity index (χ1) is 11.1. The zero-order valence-corrected chi connectivity index (χ0v) is 14.7. The first-order valence-corrected chi connectivity index (χ1v) is 8.99. The fourth-order valence-electron chi connectivity index (χ4n) is 1.93. The molecule has 0 bridgehead atoms. The van der Waals surface area contributed by atoms with Gasteiger partial charge in [-0.25, -0.2) is 0 Å². The number of rotatable bonds is 6. The van der Waals surface area contributed by atoms with E-state index >= 15 is 0 Å². The van der Waals surface area contributed by atoms with Crippen molar-refractivity contribution < 1.29 is 4.79 Å². The van der Waals surface area contributed by atoms with Crippen molar-refractivity contribution in [3.63, 3.8) is 0 Å². The monoisotopic (exact) mass is 344 g/mol. The summed E-state index contributed by atoms with van der Waals surface area (Å²) < 4.78 is 0. The predicted octanol–water partition coefficient (Wildman–Crippen LogP) is 3.53. The molecule has 2 aromatic carbocycles. The molecule has 2 aromatic rings. The molecule has 1 amide bonds. The normalized spacial score (nSPS) is 10.1. The number of thioether (sulfide) groups is 1. The van der Waals surface area contributed by atoms with Crippen LogP contribution in [0.5, 0.6) is 0 Å². The number of nitrogens with one attached hydrogen (secondary N) is 2. The lowest BCUT2D eigenvalue weighted by atomic mass is 10.1. The van der Waals surface area contributed by atoms with Crippen molar-refractivity contribution in [2.75, 3.05) is 12.3 Å². The van der Waals surface area contributed by atoms with Crippen LogP contribution in [0, 0.1) is 6.92 Å². The quantitative estimate of drug-likeness (QED) is 0.621. The van der Waals surface area contributed by atoms with E-state index in [0.717, 1.165) is 23.6 Å². The van der Waals surface area contributed by atoms with Gasteiger partial charge in [0.2, 0.25) is 0 Å². The Morgan fingerprint density at radius 2 is 1.78 bits per heavy atom. The molecule has 23 heavy (non-hydrogen) atoms. The zero-order valence-electron chi connectivity index (χ0n) is 13.0. The van der Waals surface area contributed by atoms with Crippen LogP contribution in [0.2, 0.25) is 0 Å². The fraction of sp³-hybridized carbons (Fsp3) is 0.222. The second-order valence-corrected chi connectivity index (χ2v) is 6.63. The Hall–Kier alpha value is -1.85. The Kier molecular flexibility index (Phi) is 7.10. The minimum atomic E-state index is -0.181. The van der Waals surface area contributed by atoms with Crippen LogP contribution in [0.4, 0.5) is 0 Å². The Labute approximate surface area is 146 Å². The Morgan fingerprint density at radius 1 is 1.09 bits per heavy atom. The summed E-state index contributed by atoms with van der Waals surface area (Å²) in [7, 11) is 0. The number of aryl methyl sites for hydroxylation is 1. The van der Waals surface area contributed by atoms with Crippen molar-refractivity contribution >= 4 is 35.0 Å². The van der Waals surface area contributed by atoms with Gasteiger partial charge in [0.05, 0.1) is 0 Å². The highest BCUT2D eigenvalue weighted by molar-refractivity contribution is 7.98. The maximum Gasteiger partial charge on any atom is 0.257 e. The number of hydrogen-bond donors (Lipinski definition) is 2. The van der Waals surface area contributed by atoms with E-state index in [1.807, 2.05) is 49.0 Å². The number of hydrogen-bond acceptors (Lipinski definition) is 3. The summed E-state index contributed by atoms with van der Waals surface area (Å²) in [5.41, 5.74) is 3.05. The second-order valence-electron chi connectivity index (χ2n) is 5.11. The molecule has 3 nitrogen and oxygen atoms in total. The van der Waals surface area contributed by atoms with Gasteiger partial charge in [0, 0.05) is 23.6 Å². The van der Waals surface area contributed by atoms with Crippen LogP contribution >= 0.6 is 24.0 Å². The highest BCUT2D eigenvalue weighted by Crippen LogP contribution is 2.10. The van der Waals surface area contributed by atoms with Crippen LogP contribution in [0.15, 0.2) is 54.6 Å². The van der Waals surface area contributed by atoms with E-state index in [1.54, 1.807) is 12.1 Å². The van der Waals surface area contributed by atoms with Gasteiger partial charge in [-0.05, 0) is 36.8 Å². The lowest BCUT2D eigenvalue weighted by Gasteiger charge is -2.09. The molecule has 2 N–H and O–H groups in total. The number of carbonyl (C=O) groups is 1. The lowest BCUT2D eigenvalue weighted by Crippen LogP contribution is -2.40. The van der Waals surface area contributed by atoms with Gasteiger partial charge < -0.3 is 5.32 Å². The third-order valence-electron chi connectivity index (χ3n) is 3.18. The molecule has 0 aliphatic heterocycles. The highest BCUT2D eigenvalue weighted by atomic mass is 32.2. The summed E-state index contributed by atoms with van der Waals surface area (Å²) >= 11 is 6.98. The largest absolute Gasteiger partial charge is 0.362 e. The molecule has 0 radical (unpaired) electrons. The van der Waals surface area contributed by atoms with Gasteiger partial charge in [-0.15, -0.1) is 0 Å². The molecular weight excluding hydrogens is 324 g/mol. The SMILES string of the molecule is Cc1ccc(C(=O)NC(=S)NCCSCc2ccccc2)cc1. The van der Waals surface area contributed by atoms with E-state index in [4.69, 9.17) is 12.2 Å². The molecule has 0 unspecified atom stereocenters. The summed E-state index contributed by atoms with van der Waals surface area (Å²) in [6.07, 6.45) is 0. The van der Waals surface area contributed by atoms with E-state index in [9.17, 15) is 4.79 Å². The molecule has 0 atom stereocenters. The van der Waals surface area contributed by atoms with Gasteiger partial charge in [-0.3, -0.25) is 10.1 Å².